The molecular weight excluding hydrogens is 430 g/mol. The van der Waals surface area contributed by atoms with E-state index in [1.54, 1.807) is 0 Å². The highest BCUT2D eigenvalue weighted by atomic mass is 19.2. The number of benzene rings is 2. The van der Waals surface area contributed by atoms with Crippen LogP contribution < -0.4 is 0 Å². The zero-order valence-corrected chi connectivity index (χ0v) is 17.6. The van der Waals surface area contributed by atoms with Crippen LogP contribution in [0.3, 0.4) is 0 Å². The highest BCUT2D eigenvalue weighted by molar-refractivity contribution is 6.05. The van der Waals surface area contributed by atoms with E-state index in [0.717, 1.165) is 29.2 Å². The topological polar surface area (TPSA) is 68.5 Å². The molecule has 1 atom stereocenters. The number of rotatable bonds is 6. The van der Waals surface area contributed by atoms with E-state index in [4.69, 9.17) is 4.74 Å². The van der Waals surface area contributed by atoms with Gasteiger partial charge in [0.2, 0.25) is 0 Å². The standard InChI is InChI=1S/C23H21F4NO4/c1-4-5-8-32-23(31)11(2)18-12(3)28(17-10-16(26)21(29)20(27)19(17)18)22(30)13-6-7-14(24)15(25)9-13/h6-7,9-11,29H,4-5,8H2,1-3H3/t11-/m0/s1. The zero-order chi connectivity index (χ0) is 23.7. The van der Waals surface area contributed by atoms with Crippen LogP contribution in [0.25, 0.3) is 10.9 Å². The summed E-state index contributed by atoms with van der Waals surface area (Å²) in [5.41, 5.74) is -0.459. The first-order valence-corrected chi connectivity index (χ1v) is 9.98. The Morgan fingerprint density at radius 3 is 2.41 bits per heavy atom. The Kier molecular flexibility index (Phi) is 6.57. The monoisotopic (exact) mass is 451 g/mol. The number of halogens is 4. The van der Waals surface area contributed by atoms with Crippen LogP contribution in [0.2, 0.25) is 0 Å². The number of aromatic nitrogens is 1. The van der Waals surface area contributed by atoms with E-state index in [0.29, 0.717) is 12.5 Å². The number of phenols is 1. The third kappa shape index (κ3) is 3.94. The van der Waals surface area contributed by atoms with Gasteiger partial charge in [0.05, 0.1) is 18.0 Å². The molecule has 0 aliphatic carbocycles. The van der Waals surface area contributed by atoms with Crippen molar-refractivity contribution in [3.05, 3.63) is 64.4 Å². The lowest BCUT2D eigenvalue weighted by Crippen LogP contribution is -2.17. The molecule has 3 rings (SSSR count). The summed E-state index contributed by atoms with van der Waals surface area (Å²) in [6, 6.07) is 3.20. The highest BCUT2D eigenvalue weighted by Crippen LogP contribution is 2.39. The molecule has 0 saturated heterocycles. The minimum atomic E-state index is -1.34. The van der Waals surface area contributed by atoms with Crippen molar-refractivity contribution in [3.8, 4) is 5.75 Å². The van der Waals surface area contributed by atoms with Crippen LogP contribution in [-0.2, 0) is 9.53 Å². The summed E-state index contributed by atoms with van der Waals surface area (Å²) < 4.78 is 62.2. The van der Waals surface area contributed by atoms with Gasteiger partial charge in [-0.25, -0.2) is 17.6 Å². The number of esters is 1. The van der Waals surface area contributed by atoms with Crippen LogP contribution in [0.4, 0.5) is 17.6 Å². The number of nitrogens with zero attached hydrogens (tertiary/aromatic N) is 1. The van der Waals surface area contributed by atoms with Gasteiger partial charge in [-0.05, 0) is 44.0 Å². The molecule has 0 aliphatic rings. The van der Waals surface area contributed by atoms with Crippen molar-refractivity contribution in [1.29, 1.82) is 0 Å². The molecule has 0 bridgehead atoms. The average molecular weight is 451 g/mol. The largest absolute Gasteiger partial charge is 0.503 e. The normalized spacial score (nSPS) is 12.2. The molecule has 9 heteroatoms. The van der Waals surface area contributed by atoms with Gasteiger partial charge in [0.25, 0.3) is 5.91 Å². The first-order chi connectivity index (χ1) is 15.1. The van der Waals surface area contributed by atoms with Gasteiger partial charge in [0.15, 0.2) is 29.0 Å². The lowest BCUT2D eigenvalue weighted by Gasteiger charge is -2.13. The first-order valence-electron chi connectivity index (χ1n) is 9.98. The smallest absolute Gasteiger partial charge is 0.313 e. The fourth-order valence-corrected chi connectivity index (χ4v) is 3.62. The fraction of sp³-hybridized carbons (Fsp3) is 0.304. The summed E-state index contributed by atoms with van der Waals surface area (Å²) in [6.07, 6.45) is 1.40. The van der Waals surface area contributed by atoms with Crippen molar-refractivity contribution in [3.63, 3.8) is 0 Å². The van der Waals surface area contributed by atoms with Crippen LogP contribution in [0.15, 0.2) is 24.3 Å². The number of carbonyl (C=O) groups excluding carboxylic acids is 2. The average Bonchev–Trinajstić information content (AvgIpc) is 3.04. The van der Waals surface area contributed by atoms with E-state index in [9.17, 15) is 32.3 Å². The van der Waals surface area contributed by atoms with Gasteiger partial charge < -0.3 is 9.84 Å². The maximum atomic E-state index is 14.9. The SMILES string of the molecule is CCCCOC(=O)[C@@H](C)c1c(C)n(C(=O)c2ccc(F)c(F)c2)c2cc(F)c(O)c(F)c12. The van der Waals surface area contributed by atoms with E-state index in [2.05, 4.69) is 0 Å². The van der Waals surface area contributed by atoms with E-state index in [1.807, 2.05) is 6.92 Å². The molecule has 0 spiro atoms. The minimum absolute atomic E-state index is 0.0187. The molecule has 2 aromatic carbocycles. The van der Waals surface area contributed by atoms with Crippen LogP contribution in [0, 0.1) is 30.2 Å². The molecule has 5 nitrogen and oxygen atoms in total. The molecule has 0 amide bonds. The van der Waals surface area contributed by atoms with Gasteiger partial charge in [-0.2, -0.15) is 0 Å². The molecule has 32 heavy (non-hydrogen) atoms. The Hall–Kier alpha value is -3.36. The van der Waals surface area contributed by atoms with E-state index in [1.165, 1.54) is 13.8 Å². The van der Waals surface area contributed by atoms with Crippen LogP contribution in [-0.4, -0.2) is 28.2 Å². The Morgan fingerprint density at radius 1 is 1.09 bits per heavy atom. The number of unbranched alkanes of at least 4 members (excludes halogenated alkanes) is 1. The molecule has 1 N–H and O–H groups in total. The maximum Gasteiger partial charge on any atom is 0.313 e. The maximum absolute atomic E-state index is 14.9. The van der Waals surface area contributed by atoms with Gasteiger partial charge >= 0.3 is 5.97 Å². The number of fused-ring (bicyclic) bond motifs is 1. The predicted octanol–water partition coefficient (Wildman–Crippen LogP) is 5.35. The molecule has 0 unspecified atom stereocenters. The fourth-order valence-electron chi connectivity index (χ4n) is 3.62. The van der Waals surface area contributed by atoms with Crippen LogP contribution in [0.5, 0.6) is 5.75 Å². The minimum Gasteiger partial charge on any atom is -0.503 e. The molecule has 0 aliphatic heterocycles. The van der Waals surface area contributed by atoms with Gasteiger partial charge in [0, 0.05) is 22.7 Å². The first kappa shape index (κ1) is 23.3. The summed E-state index contributed by atoms with van der Waals surface area (Å²) in [7, 11) is 0. The lowest BCUT2D eigenvalue weighted by atomic mass is 9.97. The number of hydrogen-bond acceptors (Lipinski definition) is 4. The van der Waals surface area contributed by atoms with Gasteiger partial charge in [0.1, 0.15) is 0 Å². The quantitative estimate of drug-likeness (QED) is 0.312. The van der Waals surface area contributed by atoms with E-state index >= 15 is 0 Å². The summed E-state index contributed by atoms with van der Waals surface area (Å²) in [4.78, 5) is 25.7. The van der Waals surface area contributed by atoms with Crippen molar-refractivity contribution in [2.24, 2.45) is 0 Å². The molecule has 0 saturated carbocycles. The van der Waals surface area contributed by atoms with Crippen molar-refractivity contribution < 1.29 is 37.0 Å². The third-order valence-corrected chi connectivity index (χ3v) is 5.31. The summed E-state index contributed by atoms with van der Waals surface area (Å²) >= 11 is 0. The molecule has 170 valence electrons. The molecule has 1 heterocycles. The second-order valence-electron chi connectivity index (χ2n) is 7.43. The summed E-state index contributed by atoms with van der Waals surface area (Å²) in [5, 5.41) is 9.46. The second kappa shape index (κ2) is 9.02. The molecular formula is C23H21F4NO4. The second-order valence-corrected chi connectivity index (χ2v) is 7.43. The van der Waals surface area contributed by atoms with E-state index in [-0.39, 0.29) is 34.3 Å². The lowest BCUT2D eigenvalue weighted by molar-refractivity contribution is -0.145. The summed E-state index contributed by atoms with van der Waals surface area (Å²) in [5.74, 6) is -9.01. The zero-order valence-electron chi connectivity index (χ0n) is 17.6. The summed E-state index contributed by atoms with van der Waals surface area (Å²) in [6.45, 7) is 4.89. The Balaban J connectivity index is 2.24. The molecule has 0 radical (unpaired) electrons. The van der Waals surface area contributed by atoms with Crippen molar-refractivity contribution >= 4 is 22.8 Å². The van der Waals surface area contributed by atoms with E-state index < -0.39 is 46.8 Å². The number of carbonyl (C=O) groups is 2. The molecule has 3 aromatic rings. The number of ether oxygens (including phenoxy) is 1. The Labute approximate surface area is 181 Å². The Bertz CT molecular complexity index is 1220. The highest BCUT2D eigenvalue weighted by Gasteiger charge is 2.31. The number of phenolic OH excluding ortho intramolecular Hbond substituents is 1. The number of hydrogen-bond donors (Lipinski definition) is 1. The number of aromatic hydroxyl groups is 1. The van der Waals surface area contributed by atoms with Crippen molar-refractivity contribution in [2.75, 3.05) is 6.61 Å². The third-order valence-electron chi connectivity index (χ3n) is 5.31. The van der Waals surface area contributed by atoms with Gasteiger partial charge in [-0.1, -0.05) is 13.3 Å². The van der Waals surface area contributed by atoms with Crippen molar-refractivity contribution in [1.82, 2.24) is 4.57 Å². The Morgan fingerprint density at radius 2 is 1.78 bits per heavy atom. The molecule has 1 aromatic heterocycles. The predicted molar refractivity (Wildman–Crippen MR) is 109 cm³/mol. The van der Waals surface area contributed by atoms with Crippen LogP contribution in [0.1, 0.15) is 54.2 Å². The van der Waals surface area contributed by atoms with Crippen LogP contribution >= 0.6 is 0 Å². The van der Waals surface area contributed by atoms with Gasteiger partial charge in [-0.15, -0.1) is 0 Å². The van der Waals surface area contributed by atoms with Crippen molar-refractivity contribution in [2.45, 2.75) is 39.5 Å². The van der Waals surface area contributed by atoms with Gasteiger partial charge in [-0.3, -0.25) is 14.2 Å². The molecule has 0 fully saturated rings.